The van der Waals surface area contributed by atoms with Gasteiger partial charge in [-0.1, -0.05) is 16.8 Å². The van der Waals surface area contributed by atoms with E-state index in [1.807, 2.05) is 6.92 Å². The maximum atomic E-state index is 11.7. The Bertz CT molecular complexity index is 538. The molecule has 1 unspecified atom stereocenters. The van der Waals surface area contributed by atoms with Crippen LogP contribution in [-0.4, -0.2) is 27.8 Å². The fraction of sp³-hybridized carbons (Fsp3) is 0.455. The molecule has 1 saturated heterocycles. The number of carbonyl (C=O) groups excluding carboxylic acids is 1. The number of halogens is 1. The second kappa shape index (κ2) is 3.71. The molecule has 4 nitrogen and oxygen atoms in total. The Morgan fingerprint density at radius 3 is 3.06 bits per heavy atom. The van der Waals surface area contributed by atoms with E-state index < -0.39 is 0 Å². The molecule has 0 radical (unpaired) electrons. The topological polar surface area (TPSA) is 52.9 Å². The number of carbonyl (C=O) groups is 1. The van der Waals surface area contributed by atoms with Crippen molar-refractivity contribution in [2.24, 2.45) is 5.16 Å². The third-order valence-corrected chi connectivity index (χ3v) is 5.06. The molecule has 1 aromatic rings. The van der Waals surface area contributed by atoms with Gasteiger partial charge in [0.1, 0.15) is 5.71 Å². The van der Waals surface area contributed by atoms with Gasteiger partial charge in [-0.05, 0) is 18.9 Å². The Labute approximate surface area is 107 Å². The third kappa shape index (κ3) is 1.42. The standard InChI is InChI=1S/C11H11ClN2O2S/c1-5-9-7(17-11(5)12)4-14-6(10(9)13-16)2-3-8(14)15/h6,16H,2-4H2,1H3/b13-10+. The first-order valence-corrected chi connectivity index (χ1v) is 6.62. The first-order chi connectivity index (χ1) is 8.13. The molecule has 2 aliphatic heterocycles. The molecule has 1 fully saturated rings. The maximum Gasteiger partial charge on any atom is 0.223 e. The van der Waals surface area contributed by atoms with E-state index in [2.05, 4.69) is 5.16 Å². The molecule has 1 atom stereocenters. The van der Waals surface area contributed by atoms with Crippen molar-refractivity contribution in [3.05, 3.63) is 20.3 Å². The molecule has 17 heavy (non-hydrogen) atoms. The van der Waals surface area contributed by atoms with Crippen molar-refractivity contribution >= 4 is 34.6 Å². The Kier molecular flexibility index (Phi) is 2.41. The summed E-state index contributed by atoms with van der Waals surface area (Å²) in [4.78, 5) is 14.5. The van der Waals surface area contributed by atoms with Gasteiger partial charge in [-0.15, -0.1) is 11.3 Å². The van der Waals surface area contributed by atoms with Crippen LogP contribution in [0.5, 0.6) is 0 Å². The zero-order valence-electron chi connectivity index (χ0n) is 9.23. The van der Waals surface area contributed by atoms with E-state index >= 15 is 0 Å². The van der Waals surface area contributed by atoms with Gasteiger partial charge in [0, 0.05) is 16.9 Å². The van der Waals surface area contributed by atoms with E-state index in [-0.39, 0.29) is 11.9 Å². The van der Waals surface area contributed by atoms with Crippen molar-refractivity contribution in [2.75, 3.05) is 0 Å². The van der Waals surface area contributed by atoms with Crippen molar-refractivity contribution < 1.29 is 10.0 Å². The van der Waals surface area contributed by atoms with E-state index in [0.717, 1.165) is 22.4 Å². The molecule has 2 aliphatic rings. The largest absolute Gasteiger partial charge is 0.411 e. The first-order valence-electron chi connectivity index (χ1n) is 5.43. The molecule has 1 amide bonds. The molecule has 0 spiro atoms. The number of fused-ring (bicyclic) bond motifs is 2. The highest BCUT2D eigenvalue weighted by atomic mass is 35.5. The summed E-state index contributed by atoms with van der Waals surface area (Å²) in [6.07, 6.45) is 1.26. The average molecular weight is 271 g/mol. The molecule has 3 rings (SSSR count). The minimum Gasteiger partial charge on any atom is -0.411 e. The predicted octanol–water partition coefficient (Wildman–Crippen LogP) is 2.39. The second-order valence-corrected chi connectivity index (χ2v) is 6.07. The fourth-order valence-electron chi connectivity index (χ4n) is 2.64. The van der Waals surface area contributed by atoms with Gasteiger partial charge in [-0.3, -0.25) is 4.79 Å². The summed E-state index contributed by atoms with van der Waals surface area (Å²) in [7, 11) is 0. The van der Waals surface area contributed by atoms with Gasteiger partial charge >= 0.3 is 0 Å². The molecule has 6 heteroatoms. The third-order valence-electron chi connectivity index (χ3n) is 3.48. The lowest BCUT2D eigenvalue weighted by molar-refractivity contribution is -0.128. The van der Waals surface area contributed by atoms with Crippen LogP contribution in [0.4, 0.5) is 0 Å². The number of hydrogen-bond donors (Lipinski definition) is 1. The van der Waals surface area contributed by atoms with Crippen LogP contribution in [0.3, 0.4) is 0 Å². The molecule has 1 N–H and O–H groups in total. The minimum atomic E-state index is -0.0793. The van der Waals surface area contributed by atoms with Gasteiger partial charge in [0.2, 0.25) is 5.91 Å². The van der Waals surface area contributed by atoms with Gasteiger partial charge in [-0.2, -0.15) is 0 Å². The van der Waals surface area contributed by atoms with E-state index in [0.29, 0.717) is 23.0 Å². The van der Waals surface area contributed by atoms with Gasteiger partial charge in [-0.25, -0.2) is 0 Å². The van der Waals surface area contributed by atoms with Crippen LogP contribution in [0.1, 0.15) is 28.8 Å². The number of amides is 1. The van der Waals surface area contributed by atoms with Crippen LogP contribution in [0.15, 0.2) is 5.16 Å². The normalized spacial score (nSPS) is 25.3. The Morgan fingerprint density at radius 1 is 1.59 bits per heavy atom. The Hall–Kier alpha value is -1.07. The average Bonchev–Trinajstić information content (AvgIpc) is 2.80. The number of oxime groups is 1. The van der Waals surface area contributed by atoms with E-state index in [1.54, 1.807) is 4.90 Å². The van der Waals surface area contributed by atoms with Crippen LogP contribution in [-0.2, 0) is 11.3 Å². The highest BCUT2D eigenvalue weighted by Crippen LogP contribution is 2.40. The van der Waals surface area contributed by atoms with Gasteiger partial charge in [0.25, 0.3) is 0 Å². The summed E-state index contributed by atoms with van der Waals surface area (Å²) < 4.78 is 0.713. The Morgan fingerprint density at radius 2 is 2.35 bits per heavy atom. The number of nitrogens with zero attached hydrogens (tertiary/aromatic N) is 2. The zero-order chi connectivity index (χ0) is 12.2. The molecule has 3 heterocycles. The van der Waals surface area contributed by atoms with Crippen molar-refractivity contribution in [3.63, 3.8) is 0 Å². The smallest absolute Gasteiger partial charge is 0.223 e. The quantitative estimate of drug-likeness (QED) is 0.581. The maximum absolute atomic E-state index is 11.7. The van der Waals surface area contributed by atoms with E-state index in [4.69, 9.17) is 11.6 Å². The summed E-state index contributed by atoms with van der Waals surface area (Å²) in [5.41, 5.74) is 2.50. The van der Waals surface area contributed by atoms with Crippen molar-refractivity contribution in [3.8, 4) is 0 Å². The van der Waals surface area contributed by atoms with Crippen molar-refractivity contribution in [2.45, 2.75) is 32.4 Å². The molecule has 0 aliphatic carbocycles. The summed E-state index contributed by atoms with van der Waals surface area (Å²) in [5, 5.41) is 12.6. The highest BCUT2D eigenvalue weighted by molar-refractivity contribution is 7.16. The summed E-state index contributed by atoms with van der Waals surface area (Å²) in [6.45, 7) is 2.52. The molecule has 0 saturated carbocycles. The van der Waals surface area contributed by atoms with Gasteiger partial charge < -0.3 is 10.1 Å². The van der Waals surface area contributed by atoms with Gasteiger partial charge in [0.15, 0.2) is 0 Å². The first kappa shape index (κ1) is 11.0. The van der Waals surface area contributed by atoms with Crippen LogP contribution < -0.4 is 0 Å². The molecule has 0 aromatic carbocycles. The highest BCUT2D eigenvalue weighted by Gasteiger charge is 2.41. The molecule has 0 bridgehead atoms. The molecular formula is C11H11ClN2O2S. The SMILES string of the molecule is Cc1c(Cl)sc2c1/C(=N/O)C1CCC(=O)N1C2. The Balaban J connectivity index is 2.17. The van der Waals surface area contributed by atoms with Crippen molar-refractivity contribution in [1.29, 1.82) is 0 Å². The van der Waals surface area contributed by atoms with Gasteiger partial charge in [0.05, 0.1) is 16.9 Å². The lowest BCUT2D eigenvalue weighted by Crippen LogP contribution is -2.42. The summed E-state index contributed by atoms with van der Waals surface area (Å²) in [5.74, 6) is 0.129. The van der Waals surface area contributed by atoms with E-state index in [1.165, 1.54) is 11.3 Å². The lowest BCUT2D eigenvalue weighted by atomic mass is 9.95. The van der Waals surface area contributed by atoms with Crippen LogP contribution in [0.2, 0.25) is 4.34 Å². The monoisotopic (exact) mass is 270 g/mol. The predicted molar refractivity (Wildman–Crippen MR) is 66.0 cm³/mol. The number of hydrogen-bond acceptors (Lipinski definition) is 4. The molecular weight excluding hydrogens is 260 g/mol. The fourth-order valence-corrected chi connectivity index (χ4v) is 4.05. The lowest BCUT2D eigenvalue weighted by Gasteiger charge is -2.30. The minimum absolute atomic E-state index is 0.0793. The van der Waals surface area contributed by atoms with Crippen molar-refractivity contribution in [1.82, 2.24) is 4.90 Å². The molecule has 90 valence electrons. The molecule has 1 aromatic heterocycles. The summed E-state index contributed by atoms with van der Waals surface area (Å²) >= 11 is 7.58. The van der Waals surface area contributed by atoms with Crippen LogP contribution in [0, 0.1) is 6.92 Å². The number of rotatable bonds is 0. The van der Waals surface area contributed by atoms with Crippen LogP contribution >= 0.6 is 22.9 Å². The second-order valence-electron chi connectivity index (χ2n) is 4.36. The number of thiophene rings is 1. The summed E-state index contributed by atoms with van der Waals surface area (Å²) in [6, 6.07) is -0.0793. The zero-order valence-corrected chi connectivity index (χ0v) is 10.8. The van der Waals surface area contributed by atoms with Crippen LogP contribution in [0.25, 0.3) is 0 Å². The van der Waals surface area contributed by atoms with E-state index in [9.17, 15) is 10.0 Å².